The van der Waals surface area contributed by atoms with Gasteiger partial charge in [0, 0.05) is 43.1 Å². The number of carbonyl (C=O) groups excluding carboxylic acids is 5. The van der Waals surface area contributed by atoms with Crippen molar-refractivity contribution in [2.75, 3.05) is 13.7 Å². The number of oxime groups is 1. The highest BCUT2D eigenvalue weighted by molar-refractivity contribution is 6.38. The smallest absolute Gasteiger partial charge is 0.246 e. The Balaban J connectivity index is 1.42. The van der Waals surface area contributed by atoms with Crippen LogP contribution in [0.5, 0.6) is 5.75 Å². The van der Waals surface area contributed by atoms with Gasteiger partial charge in [-0.2, -0.15) is 0 Å². The van der Waals surface area contributed by atoms with Gasteiger partial charge in [0.2, 0.25) is 17.6 Å². The van der Waals surface area contributed by atoms with Gasteiger partial charge in [0.25, 0.3) is 0 Å². The molecule has 0 bridgehead atoms. The lowest BCUT2D eigenvalue weighted by molar-refractivity contribution is -0.145. The van der Waals surface area contributed by atoms with Crippen molar-refractivity contribution in [3.8, 4) is 5.75 Å². The molecule has 1 saturated heterocycles. The molecule has 5 rings (SSSR count). The van der Waals surface area contributed by atoms with Crippen LogP contribution in [-0.2, 0) is 28.8 Å². The van der Waals surface area contributed by atoms with Gasteiger partial charge in [-0.05, 0) is 66.8 Å². The summed E-state index contributed by atoms with van der Waals surface area (Å²) in [6.45, 7) is 13.3. The van der Waals surface area contributed by atoms with Gasteiger partial charge < -0.3 is 19.8 Å². The molecule has 10 heteroatoms. The third-order valence-electron chi connectivity index (χ3n) is 10.7. The summed E-state index contributed by atoms with van der Waals surface area (Å²) in [5.41, 5.74) is 2.93. The van der Waals surface area contributed by atoms with Crippen LogP contribution in [0, 0.1) is 31.1 Å². The SMILES string of the molecule is CCC[C@H](CC(=O)[C@@H]1C[C@]2(CC(c3cc(C)c(OC)c(C)c3)=NO2)CN1C(=O)[C@@H](NC(=O)[C@@H]1CC1c1ccccc1)C(C)(C)C)C(=O)C(=O)CC. The molecule has 1 N–H and O–H groups in total. The zero-order valence-electron chi connectivity index (χ0n) is 31.3. The van der Waals surface area contributed by atoms with Gasteiger partial charge >= 0.3 is 0 Å². The minimum Gasteiger partial charge on any atom is -0.496 e. The van der Waals surface area contributed by atoms with E-state index in [1.807, 2.05) is 84.0 Å². The number of nitrogens with zero attached hydrogens (tertiary/aromatic N) is 2. The number of Topliss-reactive ketones (excluding diaryl/α,β-unsaturated/α-hetero) is 3. The molecule has 0 radical (unpaired) electrons. The van der Waals surface area contributed by atoms with E-state index in [1.54, 1.807) is 14.0 Å². The van der Waals surface area contributed by atoms with Crippen LogP contribution >= 0.6 is 0 Å². The summed E-state index contributed by atoms with van der Waals surface area (Å²) in [7, 11) is 1.64. The first kappa shape index (κ1) is 37.9. The minimum atomic E-state index is -0.974. The molecule has 1 spiro atoms. The lowest BCUT2D eigenvalue weighted by atomic mass is 9.84. The van der Waals surface area contributed by atoms with E-state index >= 15 is 0 Å². The van der Waals surface area contributed by atoms with Gasteiger partial charge in [0.05, 0.1) is 25.4 Å². The zero-order chi connectivity index (χ0) is 37.2. The fraction of sp³-hybridized carbons (Fsp3) is 0.561. The van der Waals surface area contributed by atoms with Crippen molar-refractivity contribution in [3.05, 3.63) is 64.7 Å². The molecule has 6 atom stereocenters. The Labute approximate surface area is 301 Å². The number of aryl methyl sites for hydroxylation is 2. The second-order valence-corrected chi connectivity index (χ2v) is 15.8. The molecule has 2 aromatic rings. The number of ether oxygens (including phenoxy) is 1. The van der Waals surface area contributed by atoms with Gasteiger partial charge in [0.15, 0.2) is 17.2 Å². The van der Waals surface area contributed by atoms with Crippen molar-refractivity contribution >= 4 is 34.9 Å². The highest BCUT2D eigenvalue weighted by Crippen LogP contribution is 2.48. The Morgan fingerprint density at radius 1 is 1.06 bits per heavy atom. The molecule has 1 aliphatic carbocycles. The van der Waals surface area contributed by atoms with Gasteiger partial charge in [-0.1, -0.05) is 76.5 Å². The molecular weight excluding hydrogens is 646 g/mol. The number of rotatable bonds is 14. The maximum absolute atomic E-state index is 14.7. The maximum atomic E-state index is 14.7. The topological polar surface area (TPSA) is 131 Å². The first-order chi connectivity index (χ1) is 24.1. The van der Waals surface area contributed by atoms with Gasteiger partial charge in [-0.25, -0.2) is 0 Å². The van der Waals surface area contributed by atoms with Crippen molar-refractivity contribution in [2.24, 2.45) is 22.4 Å². The number of likely N-dealkylation sites (tertiary alicyclic amines) is 1. The molecule has 2 amide bonds. The lowest BCUT2D eigenvalue weighted by Crippen LogP contribution is -2.57. The average Bonchev–Trinajstić information content (AvgIpc) is 3.66. The van der Waals surface area contributed by atoms with Crippen molar-refractivity contribution in [1.82, 2.24) is 10.2 Å². The Kier molecular flexibility index (Phi) is 11.2. The molecule has 10 nitrogen and oxygen atoms in total. The Morgan fingerprint density at radius 3 is 2.31 bits per heavy atom. The Hall–Kier alpha value is -4.34. The van der Waals surface area contributed by atoms with Crippen LogP contribution < -0.4 is 10.1 Å². The van der Waals surface area contributed by atoms with E-state index in [1.165, 1.54) is 4.90 Å². The molecule has 1 unspecified atom stereocenters. The van der Waals surface area contributed by atoms with Crippen molar-refractivity contribution in [1.29, 1.82) is 0 Å². The molecule has 51 heavy (non-hydrogen) atoms. The van der Waals surface area contributed by atoms with E-state index in [2.05, 4.69) is 10.5 Å². The minimum absolute atomic E-state index is 0.0712. The average molecular weight is 700 g/mol. The van der Waals surface area contributed by atoms with E-state index in [9.17, 15) is 24.0 Å². The van der Waals surface area contributed by atoms with Crippen molar-refractivity contribution < 1.29 is 33.5 Å². The highest BCUT2D eigenvalue weighted by Gasteiger charge is 2.56. The summed E-state index contributed by atoms with van der Waals surface area (Å²) in [4.78, 5) is 75.9. The molecule has 1 saturated carbocycles. The van der Waals surface area contributed by atoms with Crippen LogP contribution in [0.25, 0.3) is 0 Å². The summed E-state index contributed by atoms with van der Waals surface area (Å²) in [6, 6.07) is 12.0. The first-order valence-corrected chi connectivity index (χ1v) is 18.3. The number of hydrogen-bond acceptors (Lipinski definition) is 8. The van der Waals surface area contributed by atoms with Crippen LogP contribution in [0.2, 0.25) is 0 Å². The van der Waals surface area contributed by atoms with Crippen LogP contribution in [0.1, 0.15) is 108 Å². The summed E-state index contributed by atoms with van der Waals surface area (Å²) in [5, 5.41) is 7.56. The second kappa shape index (κ2) is 15.1. The van der Waals surface area contributed by atoms with Gasteiger partial charge in [-0.3, -0.25) is 24.0 Å². The van der Waals surface area contributed by atoms with Crippen LogP contribution in [0.15, 0.2) is 47.6 Å². The summed E-state index contributed by atoms with van der Waals surface area (Å²) in [5.74, 6) is -2.00. The number of ketones is 3. The Morgan fingerprint density at radius 2 is 1.73 bits per heavy atom. The fourth-order valence-corrected chi connectivity index (χ4v) is 7.85. The van der Waals surface area contributed by atoms with E-state index in [0.717, 1.165) is 28.0 Å². The molecule has 3 aliphatic rings. The number of hydrogen-bond donors (Lipinski definition) is 1. The van der Waals surface area contributed by atoms with Gasteiger partial charge in [-0.15, -0.1) is 0 Å². The maximum Gasteiger partial charge on any atom is 0.246 e. The van der Waals surface area contributed by atoms with E-state index < -0.39 is 40.6 Å². The second-order valence-electron chi connectivity index (χ2n) is 15.8. The molecule has 2 fully saturated rings. The molecule has 2 aliphatic heterocycles. The number of nitrogens with one attached hydrogen (secondary N) is 1. The highest BCUT2D eigenvalue weighted by atomic mass is 16.7. The van der Waals surface area contributed by atoms with Gasteiger partial charge in [0.1, 0.15) is 11.8 Å². The standard InChI is InChI=1S/C41H53N3O7/c1-9-14-27(35(47)33(45)10-2)19-34(46)32-22-41(21-31(43-51-41)28-17-24(3)36(50-8)25(4)18-28)23-44(32)39(49)37(40(5,6)7)42-38(48)30-20-29(30)26-15-12-11-13-16-26/h11-13,15-18,27,29-30,32,37H,9-10,14,19-23H2,1-8H3,(H,42,48)/t27-,29?,30-,32+,37-,41-/m1/s1. The third kappa shape index (κ3) is 8.10. The lowest BCUT2D eigenvalue weighted by Gasteiger charge is -2.35. The van der Waals surface area contributed by atoms with Crippen molar-refractivity contribution in [3.63, 3.8) is 0 Å². The summed E-state index contributed by atoms with van der Waals surface area (Å²) >= 11 is 0. The van der Waals surface area contributed by atoms with E-state index in [-0.39, 0.29) is 55.2 Å². The molecule has 2 aromatic carbocycles. The van der Waals surface area contributed by atoms with Crippen molar-refractivity contribution in [2.45, 2.75) is 117 Å². The molecular formula is C41H53N3O7. The van der Waals surface area contributed by atoms with Crippen LogP contribution in [-0.4, -0.2) is 71.1 Å². The fourth-order valence-electron chi connectivity index (χ4n) is 7.85. The molecule has 274 valence electrons. The largest absolute Gasteiger partial charge is 0.496 e. The van der Waals surface area contributed by atoms with Crippen LogP contribution in [0.4, 0.5) is 0 Å². The summed E-state index contributed by atoms with van der Waals surface area (Å²) in [6.07, 6.45) is 2.19. The molecule has 0 aromatic heterocycles. The van der Waals surface area contributed by atoms with E-state index in [0.29, 0.717) is 31.4 Å². The van der Waals surface area contributed by atoms with E-state index in [4.69, 9.17) is 9.57 Å². The number of methoxy groups -OCH3 is 1. The molecule has 2 heterocycles. The third-order valence-corrected chi connectivity index (χ3v) is 10.7. The number of amides is 2. The monoisotopic (exact) mass is 699 g/mol. The van der Waals surface area contributed by atoms with Crippen LogP contribution in [0.3, 0.4) is 0 Å². The number of carbonyl (C=O) groups is 5. The number of benzene rings is 2. The first-order valence-electron chi connectivity index (χ1n) is 18.3. The summed E-state index contributed by atoms with van der Waals surface area (Å²) < 4.78 is 5.55. The normalized spacial score (nSPS) is 23.6. The predicted molar refractivity (Wildman–Crippen MR) is 195 cm³/mol. The predicted octanol–water partition coefficient (Wildman–Crippen LogP) is 6.03. The Bertz CT molecular complexity index is 1690. The quantitative estimate of drug-likeness (QED) is 0.238. The zero-order valence-corrected chi connectivity index (χ0v) is 31.3.